The van der Waals surface area contributed by atoms with Crippen LogP contribution in [0, 0.1) is 0 Å². The topological polar surface area (TPSA) is 87.9 Å². The van der Waals surface area contributed by atoms with Crippen LogP contribution in [0.3, 0.4) is 0 Å². The highest BCUT2D eigenvalue weighted by molar-refractivity contribution is 5.58. The first-order valence-electron chi connectivity index (χ1n) is 8.28. The first-order valence-corrected chi connectivity index (χ1v) is 8.28. The number of H-pyrrole nitrogens is 1. The molecule has 2 aromatic heterocycles. The molecule has 0 radical (unpaired) electrons. The van der Waals surface area contributed by atoms with Gasteiger partial charge >= 0.3 is 0 Å². The Labute approximate surface area is 145 Å². The molecule has 6 heteroatoms. The van der Waals surface area contributed by atoms with Crippen LogP contribution in [0.1, 0.15) is 16.8 Å². The molecular formula is C19H19N5O. The van der Waals surface area contributed by atoms with Gasteiger partial charge in [0.05, 0.1) is 5.69 Å². The quantitative estimate of drug-likeness (QED) is 0.716. The van der Waals surface area contributed by atoms with Gasteiger partial charge < -0.3 is 10.7 Å². The molecule has 0 spiro atoms. The van der Waals surface area contributed by atoms with Crippen LogP contribution in [0.2, 0.25) is 0 Å². The number of rotatable bonds is 3. The number of hydrogen-bond acceptors (Lipinski definition) is 5. The minimum absolute atomic E-state index is 0.0437. The van der Waals surface area contributed by atoms with Crippen LogP contribution in [0.15, 0.2) is 53.6 Å². The van der Waals surface area contributed by atoms with Gasteiger partial charge in [-0.15, -0.1) is 0 Å². The molecular weight excluding hydrogens is 314 g/mol. The van der Waals surface area contributed by atoms with E-state index in [4.69, 9.17) is 10.7 Å². The van der Waals surface area contributed by atoms with Gasteiger partial charge in [0.15, 0.2) is 0 Å². The Morgan fingerprint density at radius 3 is 2.80 bits per heavy atom. The number of hydrogen-bond donors (Lipinski definition) is 2. The molecule has 1 aliphatic heterocycles. The lowest BCUT2D eigenvalue weighted by molar-refractivity contribution is 0.240. The van der Waals surface area contributed by atoms with Gasteiger partial charge in [-0.3, -0.25) is 14.7 Å². The smallest absolute Gasteiger partial charge is 0.254 e. The predicted molar refractivity (Wildman–Crippen MR) is 96.8 cm³/mol. The third-order valence-corrected chi connectivity index (χ3v) is 4.47. The number of nitrogens with two attached hydrogens (primary N) is 1. The number of aromatic amines is 1. The fraction of sp³-hybridized carbons (Fsp3) is 0.211. The average Bonchev–Trinajstić information content (AvgIpc) is 2.63. The summed E-state index contributed by atoms with van der Waals surface area (Å²) >= 11 is 0. The molecule has 0 amide bonds. The Morgan fingerprint density at radius 2 is 2.04 bits per heavy atom. The summed E-state index contributed by atoms with van der Waals surface area (Å²) in [6, 6.07) is 11.4. The summed E-state index contributed by atoms with van der Waals surface area (Å²) in [4.78, 5) is 26.5. The van der Waals surface area contributed by atoms with Crippen LogP contribution in [-0.4, -0.2) is 26.4 Å². The van der Waals surface area contributed by atoms with Gasteiger partial charge in [-0.1, -0.05) is 6.07 Å². The van der Waals surface area contributed by atoms with Gasteiger partial charge in [-0.25, -0.2) is 4.98 Å². The minimum Gasteiger partial charge on any atom is -0.399 e. The molecule has 126 valence electrons. The lowest BCUT2D eigenvalue weighted by atomic mass is 10.1. The second kappa shape index (κ2) is 6.49. The molecule has 6 nitrogen and oxygen atoms in total. The summed E-state index contributed by atoms with van der Waals surface area (Å²) in [5.74, 6) is 0.590. The van der Waals surface area contributed by atoms with Crippen molar-refractivity contribution >= 4 is 5.69 Å². The van der Waals surface area contributed by atoms with Crippen molar-refractivity contribution in [1.82, 2.24) is 19.9 Å². The standard InChI is InChI=1S/C19H19N5O/c20-15-5-3-14(4-6-15)18-22-17-12-24(9-7-16(17)19(25)23-18)11-13-2-1-8-21-10-13/h1-6,8,10H,7,9,11-12,20H2,(H,22,23,25). The zero-order valence-electron chi connectivity index (χ0n) is 13.8. The third kappa shape index (κ3) is 3.29. The van der Waals surface area contributed by atoms with E-state index >= 15 is 0 Å². The molecule has 0 bridgehead atoms. The molecule has 1 aliphatic rings. The van der Waals surface area contributed by atoms with E-state index < -0.39 is 0 Å². The molecule has 0 atom stereocenters. The van der Waals surface area contributed by atoms with Crippen molar-refractivity contribution in [3.05, 3.63) is 76.0 Å². The fourth-order valence-electron chi connectivity index (χ4n) is 3.16. The predicted octanol–water partition coefficient (Wildman–Crippen LogP) is 1.97. The maximum Gasteiger partial charge on any atom is 0.254 e. The molecule has 25 heavy (non-hydrogen) atoms. The van der Waals surface area contributed by atoms with E-state index in [9.17, 15) is 4.79 Å². The zero-order chi connectivity index (χ0) is 17.2. The Morgan fingerprint density at radius 1 is 1.20 bits per heavy atom. The number of nitrogens with one attached hydrogen (secondary N) is 1. The van der Waals surface area contributed by atoms with Crippen molar-refractivity contribution in [2.24, 2.45) is 0 Å². The highest BCUT2D eigenvalue weighted by Gasteiger charge is 2.21. The van der Waals surface area contributed by atoms with Gasteiger partial charge in [-0.05, 0) is 42.3 Å². The van der Waals surface area contributed by atoms with Gasteiger partial charge in [0.25, 0.3) is 5.56 Å². The number of nitrogens with zero attached hydrogens (tertiary/aromatic N) is 3. The first-order chi connectivity index (χ1) is 12.2. The Kier molecular flexibility index (Phi) is 4.03. The van der Waals surface area contributed by atoms with Crippen molar-refractivity contribution in [1.29, 1.82) is 0 Å². The summed E-state index contributed by atoms with van der Waals surface area (Å²) in [7, 11) is 0. The Hall–Kier alpha value is -2.99. The molecule has 0 fully saturated rings. The lowest BCUT2D eigenvalue weighted by Gasteiger charge is -2.27. The second-order valence-electron chi connectivity index (χ2n) is 6.28. The maximum atomic E-state index is 12.4. The van der Waals surface area contributed by atoms with Crippen molar-refractivity contribution in [2.75, 3.05) is 12.3 Å². The van der Waals surface area contributed by atoms with E-state index in [1.54, 1.807) is 6.20 Å². The zero-order valence-corrected chi connectivity index (χ0v) is 13.8. The second-order valence-corrected chi connectivity index (χ2v) is 6.28. The van der Waals surface area contributed by atoms with Gasteiger partial charge in [0.2, 0.25) is 0 Å². The maximum absolute atomic E-state index is 12.4. The van der Waals surface area contributed by atoms with Crippen molar-refractivity contribution in [2.45, 2.75) is 19.5 Å². The molecule has 1 aromatic carbocycles. The summed E-state index contributed by atoms with van der Waals surface area (Å²) in [5.41, 5.74) is 10.0. The lowest BCUT2D eigenvalue weighted by Crippen LogP contribution is -2.35. The highest BCUT2D eigenvalue weighted by Crippen LogP contribution is 2.20. The highest BCUT2D eigenvalue weighted by atomic mass is 16.1. The van der Waals surface area contributed by atoms with Crippen LogP contribution < -0.4 is 11.3 Å². The van der Waals surface area contributed by atoms with E-state index in [2.05, 4.69) is 20.9 Å². The molecule has 4 rings (SSSR count). The molecule has 3 heterocycles. The molecule has 0 unspecified atom stereocenters. The fourth-order valence-corrected chi connectivity index (χ4v) is 3.16. The molecule has 0 saturated heterocycles. The minimum atomic E-state index is -0.0437. The molecule has 0 saturated carbocycles. The van der Waals surface area contributed by atoms with Gasteiger partial charge in [-0.2, -0.15) is 0 Å². The number of benzene rings is 1. The molecule has 3 N–H and O–H groups in total. The number of pyridine rings is 1. The van der Waals surface area contributed by atoms with Crippen molar-refractivity contribution in [3.8, 4) is 11.4 Å². The SMILES string of the molecule is Nc1ccc(-c2nc3c(c(=O)[nH]2)CCN(Cc2cccnc2)C3)cc1. The van der Waals surface area contributed by atoms with Gasteiger partial charge in [0.1, 0.15) is 5.82 Å². The largest absolute Gasteiger partial charge is 0.399 e. The van der Waals surface area contributed by atoms with Crippen molar-refractivity contribution in [3.63, 3.8) is 0 Å². The first kappa shape index (κ1) is 15.5. The van der Waals surface area contributed by atoms with E-state index in [-0.39, 0.29) is 5.56 Å². The average molecular weight is 333 g/mol. The van der Waals surface area contributed by atoms with E-state index in [1.807, 2.05) is 36.5 Å². The molecule has 3 aromatic rings. The summed E-state index contributed by atoms with van der Waals surface area (Å²) in [6.45, 7) is 2.31. The third-order valence-electron chi connectivity index (χ3n) is 4.47. The van der Waals surface area contributed by atoms with Crippen LogP contribution >= 0.6 is 0 Å². The van der Waals surface area contributed by atoms with E-state index in [0.717, 1.165) is 35.5 Å². The van der Waals surface area contributed by atoms with Crippen LogP contribution in [0.5, 0.6) is 0 Å². The summed E-state index contributed by atoms with van der Waals surface area (Å²) in [6.07, 6.45) is 4.36. The normalized spacial score (nSPS) is 14.2. The molecule has 0 aliphatic carbocycles. The van der Waals surface area contributed by atoms with Crippen LogP contribution in [0.4, 0.5) is 5.69 Å². The summed E-state index contributed by atoms with van der Waals surface area (Å²) in [5, 5.41) is 0. The van der Waals surface area contributed by atoms with E-state index in [1.165, 1.54) is 0 Å². The van der Waals surface area contributed by atoms with Crippen LogP contribution in [-0.2, 0) is 19.5 Å². The number of anilines is 1. The van der Waals surface area contributed by atoms with Crippen molar-refractivity contribution < 1.29 is 0 Å². The number of aromatic nitrogens is 3. The number of nitrogen functional groups attached to an aromatic ring is 1. The number of fused-ring (bicyclic) bond motifs is 1. The Balaban J connectivity index is 1.62. The Bertz CT molecular complexity index is 934. The van der Waals surface area contributed by atoms with E-state index in [0.29, 0.717) is 24.5 Å². The van der Waals surface area contributed by atoms with Crippen LogP contribution in [0.25, 0.3) is 11.4 Å². The monoisotopic (exact) mass is 333 g/mol. The summed E-state index contributed by atoms with van der Waals surface area (Å²) < 4.78 is 0. The van der Waals surface area contributed by atoms with Gasteiger partial charge in [0, 0.05) is 48.8 Å².